The van der Waals surface area contributed by atoms with Crippen LogP contribution in [0.1, 0.15) is 15.9 Å². The van der Waals surface area contributed by atoms with E-state index < -0.39 is 17.9 Å². The Kier molecular flexibility index (Phi) is 6.48. The van der Waals surface area contributed by atoms with Crippen molar-refractivity contribution in [3.63, 3.8) is 0 Å². The summed E-state index contributed by atoms with van der Waals surface area (Å²) in [6.45, 7) is 1.74. The van der Waals surface area contributed by atoms with Gasteiger partial charge in [0.05, 0.1) is 37.7 Å². The molecule has 1 aliphatic rings. The molecule has 30 heavy (non-hydrogen) atoms. The van der Waals surface area contributed by atoms with Gasteiger partial charge in [-0.25, -0.2) is 14.4 Å². The first-order valence-electron chi connectivity index (χ1n) is 9.09. The van der Waals surface area contributed by atoms with E-state index in [1.165, 1.54) is 19.1 Å². The third kappa shape index (κ3) is 4.33. The minimum Gasteiger partial charge on any atom is -0.466 e. The van der Waals surface area contributed by atoms with Crippen LogP contribution < -0.4 is 9.64 Å². The molecule has 0 amide bonds. The van der Waals surface area contributed by atoms with Crippen molar-refractivity contribution in [2.24, 2.45) is 0 Å². The van der Waals surface area contributed by atoms with Crippen LogP contribution in [0, 0.1) is 6.92 Å². The maximum absolute atomic E-state index is 12.9. The summed E-state index contributed by atoms with van der Waals surface area (Å²) >= 11 is 0. The molecule has 0 aromatic heterocycles. The van der Waals surface area contributed by atoms with Crippen LogP contribution in [0.4, 0.5) is 5.69 Å². The third-order valence-corrected chi connectivity index (χ3v) is 4.48. The minimum atomic E-state index is -0.750. The smallest absolute Gasteiger partial charge is 0.355 e. The molecule has 0 aliphatic carbocycles. The lowest BCUT2D eigenvalue weighted by Gasteiger charge is -2.32. The maximum Gasteiger partial charge on any atom is 0.355 e. The van der Waals surface area contributed by atoms with Gasteiger partial charge in [0, 0.05) is 0 Å². The highest BCUT2D eigenvalue weighted by Gasteiger charge is 2.34. The van der Waals surface area contributed by atoms with Crippen molar-refractivity contribution in [1.29, 1.82) is 0 Å². The molecule has 8 nitrogen and oxygen atoms in total. The number of benzene rings is 2. The summed E-state index contributed by atoms with van der Waals surface area (Å²) in [6, 6.07) is 13.6. The van der Waals surface area contributed by atoms with Crippen LogP contribution >= 0.6 is 0 Å². The highest BCUT2D eigenvalue weighted by Crippen LogP contribution is 2.30. The molecule has 1 aliphatic heterocycles. The third-order valence-electron chi connectivity index (χ3n) is 4.48. The zero-order valence-corrected chi connectivity index (χ0v) is 16.8. The largest absolute Gasteiger partial charge is 0.466 e. The van der Waals surface area contributed by atoms with E-state index in [9.17, 15) is 14.4 Å². The molecule has 3 rings (SSSR count). The van der Waals surface area contributed by atoms with E-state index in [1.54, 1.807) is 36.4 Å². The molecular formula is C22H21NO7. The Hall–Kier alpha value is -3.65. The predicted molar refractivity (Wildman–Crippen MR) is 107 cm³/mol. The predicted octanol–water partition coefficient (Wildman–Crippen LogP) is 2.61. The number of carbonyl (C=O) groups excluding carboxylic acids is 3. The van der Waals surface area contributed by atoms with Crippen LogP contribution in [0.2, 0.25) is 0 Å². The Morgan fingerprint density at radius 2 is 1.57 bits per heavy atom. The molecule has 1 heterocycles. The fourth-order valence-electron chi connectivity index (χ4n) is 2.98. The van der Waals surface area contributed by atoms with Gasteiger partial charge in [-0.1, -0.05) is 29.8 Å². The maximum atomic E-state index is 12.9. The van der Waals surface area contributed by atoms with Gasteiger partial charge in [0.15, 0.2) is 0 Å². The zero-order valence-electron chi connectivity index (χ0n) is 16.8. The van der Waals surface area contributed by atoms with Crippen LogP contribution in [0.5, 0.6) is 5.75 Å². The van der Waals surface area contributed by atoms with Crippen LogP contribution in [-0.4, -0.2) is 45.5 Å². The lowest BCUT2D eigenvalue weighted by Crippen LogP contribution is -2.39. The van der Waals surface area contributed by atoms with Crippen LogP contribution in [0.15, 0.2) is 59.8 Å². The first-order valence-corrected chi connectivity index (χ1v) is 9.09. The number of hydrogen-bond donors (Lipinski definition) is 0. The van der Waals surface area contributed by atoms with Gasteiger partial charge in [0.2, 0.25) is 0 Å². The normalized spacial score (nSPS) is 13.6. The van der Waals surface area contributed by atoms with Crippen molar-refractivity contribution in [1.82, 2.24) is 0 Å². The molecular weight excluding hydrogens is 390 g/mol. The molecule has 0 saturated carbocycles. The molecule has 0 radical (unpaired) electrons. The molecule has 156 valence electrons. The standard InChI is InChI=1S/C22H21NO7/c1-14-8-10-15(11-9-14)30-21(25)16-6-4-5-7-18(16)23-13-29-12-17(20(24)27-2)19(23)22(26)28-3/h4-11H,12-13H2,1-3H3. The number of nitrogens with zero attached hydrogens (tertiary/aromatic N) is 1. The highest BCUT2D eigenvalue weighted by molar-refractivity contribution is 6.05. The van der Waals surface area contributed by atoms with Crippen LogP contribution in [-0.2, 0) is 23.8 Å². The van der Waals surface area contributed by atoms with Crippen molar-refractivity contribution < 1.29 is 33.3 Å². The van der Waals surface area contributed by atoms with E-state index in [2.05, 4.69) is 0 Å². The molecule has 2 aromatic carbocycles. The summed E-state index contributed by atoms with van der Waals surface area (Å²) in [5.74, 6) is -1.71. The van der Waals surface area contributed by atoms with Gasteiger partial charge >= 0.3 is 17.9 Å². The second kappa shape index (κ2) is 9.23. The minimum absolute atomic E-state index is 0.00250. The monoisotopic (exact) mass is 411 g/mol. The lowest BCUT2D eigenvalue weighted by molar-refractivity contribution is -0.140. The number of ether oxygens (including phenoxy) is 4. The Balaban J connectivity index is 2.02. The molecule has 8 heteroatoms. The number of hydrogen-bond acceptors (Lipinski definition) is 8. The number of rotatable bonds is 5. The number of carbonyl (C=O) groups is 3. The summed E-state index contributed by atoms with van der Waals surface area (Å²) in [5.41, 5.74) is 1.50. The fraction of sp³-hybridized carbons (Fsp3) is 0.227. The average molecular weight is 411 g/mol. The molecule has 2 aromatic rings. The van der Waals surface area contributed by atoms with Crippen molar-refractivity contribution in [3.8, 4) is 5.75 Å². The van der Waals surface area contributed by atoms with Gasteiger partial charge in [0.25, 0.3) is 0 Å². The quantitative estimate of drug-likeness (QED) is 0.548. The first-order chi connectivity index (χ1) is 14.5. The number of methoxy groups -OCH3 is 2. The van der Waals surface area contributed by atoms with E-state index in [4.69, 9.17) is 18.9 Å². The molecule has 0 spiro atoms. The number of esters is 3. The number of aryl methyl sites for hydroxylation is 1. The zero-order chi connectivity index (χ0) is 21.7. The highest BCUT2D eigenvalue weighted by atomic mass is 16.5. The topological polar surface area (TPSA) is 91.4 Å². The SMILES string of the molecule is COC(=O)C1=C(C(=O)OC)N(c2ccccc2C(=O)Oc2ccc(C)cc2)COC1. The van der Waals surface area contributed by atoms with Gasteiger partial charge in [-0.2, -0.15) is 0 Å². The first kappa shape index (κ1) is 21.1. The Morgan fingerprint density at radius 3 is 2.23 bits per heavy atom. The van der Waals surface area contributed by atoms with E-state index in [0.717, 1.165) is 5.56 Å². The van der Waals surface area contributed by atoms with E-state index in [1.807, 2.05) is 19.1 Å². The molecule has 0 fully saturated rings. The molecule has 0 atom stereocenters. The lowest BCUT2D eigenvalue weighted by atomic mass is 10.1. The molecule has 0 unspecified atom stereocenters. The fourth-order valence-corrected chi connectivity index (χ4v) is 2.98. The van der Waals surface area contributed by atoms with Crippen LogP contribution in [0.25, 0.3) is 0 Å². The average Bonchev–Trinajstić information content (AvgIpc) is 2.79. The Bertz CT molecular complexity index is 995. The second-order valence-electron chi connectivity index (χ2n) is 6.44. The summed E-state index contributed by atoms with van der Waals surface area (Å²) in [4.78, 5) is 38.9. The Morgan fingerprint density at radius 1 is 0.900 bits per heavy atom. The van der Waals surface area contributed by atoms with Crippen LogP contribution in [0.3, 0.4) is 0 Å². The second-order valence-corrected chi connectivity index (χ2v) is 6.44. The molecule has 0 N–H and O–H groups in total. The van der Waals surface area contributed by atoms with Gasteiger partial charge in [-0.3, -0.25) is 0 Å². The summed E-state index contributed by atoms with van der Waals surface area (Å²) in [7, 11) is 2.41. The van der Waals surface area contributed by atoms with E-state index >= 15 is 0 Å². The van der Waals surface area contributed by atoms with Crippen molar-refractivity contribution in [3.05, 3.63) is 70.9 Å². The van der Waals surface area contributed by atoms with Gasteiger partial charge in [-0.15, -0.1) is 0 Å². The molecule has 0 saturated heterocycles. The summed E-state index contributed by atoms with van der Waals surface area (Å²) in [6.07, 6.45) is 0. The van der Waals surface area contributed by atoms with E-state index in [-0.39, 0.29) is 30.2 Å². The van der Waals surface area contributed by atoms with Gasteiger partial charge in [0.1, 0.15) is 18.2 Å². The summed E-state index contributed by atoms with van der Waals surface area (Å²) in [5, 5.41) is 0. The Labute approximate surface area is 173 Å². The van der Waals surface area contributed by atoms with Gasteiger partial charge < -0.3 is 23.8 Å². The molecule has 0 bridgehead atoms. The van der Waals surface area contributed by atoms with Gasteiger partial charge in [-0.05, 0) is 31.2 Å². The number of para-hydroxylation sites is 1. The summed E-state index contributed by atoms with van der Waals surface area (Å²) < 4.78 is 20.6. The van der Waals surface area contributed by atoms with E-state index in [0.29, 0.717) is 11.4 Å². The van der Waals surface area contributed by atoms with Crippen molar-refractivity contribution in [2.45, 2.75) is 6.92 Å². The van der Waals surface area contributed by atoms with Crippen molar-refractivity contribution >= 4 is 23.6 Å². The van der Waals surface area contributed by atoms with Crippen molar-refractivity contribution in [2.75, 3.05) is 32.5 Å². The number of anilines is 1.